The van der Waals surface area contributed by atoms with E-state index in [0.29, 0.717) is 34.1 Å². The maximum absolute atomic E-state index is 13.9. The number of rotatable bonds is 7. The number of carbonyl (C=O) groups excluding carboxylic acids is 1. The number of nitrogens with zero attached hydrogens (tertiary/aromatic N) is 5. The predicted octanol–water partition coefficient (Wildman–Crippen LogP) is 7.16. The fourth-order valence-electron chi connectivity index (χ4n) is 5.86. The first-order valence-electron chi connectivity index (χ1n) is 14.3. The van der Waals surface area contributed by atoms with Gasteiger partial charge in [0.15, 0.2) is 5.78 Å². The van der Waals surface area contributed by atoms with Crippen LogP contribution in [0.1, 0.15) is 67.3 Å². The van der Waals surface area contributed by atoms with Gasteiger partial charge in [0.2, 0.25) is 5.82 Å². The first-order chi connectivity index (χ1) is 20.8. The Kier molecular flexibility index (Phi) is 13.4. The molecule has 3 atom stereocenters. The minimum absolute atomic E-state index is 0. The highest BCUT2D eigenvalue weighted by molar-refractivity contribution is 14.1. The van der Waals surface area contributed by atoms with Gasteiger partial charge in [-0.2, -0.15) is 26.7 Å². The number of Topliss-reactive ketones (excluding diaryl/α,β-unsaturated/α-hetero) is 1. The summed E-state index contributed by atoms with van der Waals surface area (Å²) >= 11 is 6.23. The molecule has 2 aliphatic heterocycles. The van der Waals surface area contributed by atoms with E-state index in [1.165, 1.54) is 0 Å². The van der Waals surface area contributed by atoms with Crippen LogP contribution in [0.4, 0.5) is 27.8 Å². The number of fused-ring (bicyclic) bond motifs is 1. The highest BCUT2D eigenvalue weighted by Gasteiger charge is 2.38. The van der Waals surface area contributed by atoms with Crippen molar-refractivity contribution in [1.29, 1.82) is 0 Å². The summed E-state index contributed by atoms with van der Waals surface area (Å²) in [5.74, 6) is -3.38. The molecule has 1 N–H and O–H groups in total. The number of likely N-dealkylation sites (tertiary alicyclic amines) is 1. The van der Waals surface area contributed by atoms with Gasteiger partial charge < -0.3 is 10.2 Å². The number of benzene rings is 1. The molecule has 0 bridgehead atoms. The van der Waals surface area contributed by atoms with E-state index in [9.17, 15) is 26.7 Å². The molecule has 3 aromatic rings. The van der Waals surface area contributed by atoms with Gasteiger partial charge in [0, 0.05) is 95.8 Å². The number of piperazine rings is 1. The fraction of sp³-hybridized carbons (Fsp3) is 0.500. The van der Waals surface area contributed by atoms with Crippen LogP contribution in [0.5, 0.6) is 0 Å². The van der Waals surface area contributed by atoms with Crippen molar-refractivity contribution in [1.82, 2.24) is 25.2 Å². The molecule has 2 unspecified atom stereocenters. The molecule has 0 saturated carbocycles. The number of aromatic nitrogens is 3. The first kappa shape index (κ1) is 37.4. The topological polar surface area (TPSA) is 74.2 Å². The van der Waals surface area contributed by atoms with Crippen LogP contribution in [0.15, 0.2) is 42.7 Å². The zero-order valence-corrected chi connectivity index (χ0v) is 28.8. The largest absolute Gasteiger partial charge is 0.451 e. The molecule has 2 aliphatic rings. The summed E-state index contributed by atoms with van der Waals surface area (Å²) in [7, 11) is 0. The summed E-state index contributed by atoms with van der Waals surface area (Å²) in [6.07, 6.45) is -2.97. The van der Waals surface area contributed by atoms with Crippen LogP contribution < -0.4 is 10.2 Å². The van der Waals surface area contributed by atoms with Crippen molar-refractivity contribution < 1.29 is 26.7 Å². The lowest BCUT2D eigenvalue weighted by Gasteiger charge is -2.37. The third-order valence-electron chi connectivity index (χ3n) is 7.82. The second kappa shape index (κ2) is 16.2. The number of hydrogen-bond donors (Lipinski definition) is 1. The molecule has 0 aliphatic carbocycles. The van der Waals surface area contributed by atoms with Crippen LogP contribution in [0.2, 0.25) is 0 Å². The highest BCUT2D eigenvalue weighted by Crippen LogP contribution is 2.35. The van der Waals surface area contributed by atoms with Crippen molar-refractivity contribution >= 4 is 74.2 Å². The molecule has 0 radical (unpaired) electrons. The summed E-state index contributed by atoms with van der Waals surface area (Å²) < 4.78 is 68.3. The van der Waals surface area contributed by atoms with Crippen LogP contribution in [0, 0.1) is 0 Å². The Hall–Kier alpha value is -2.08. The number of ketones is 1. The van der Waals surface area contributed by atoms with E-state index in [-0.39, 0.29) is 58.1 Å². The number of carbonyl (C=O) groups is 1. The van der Waals surface area contributed by atoms with Gasteiger partial charge in [-0.25, -0.2) is 23.7 Å². The molecule has 5 rings (SSSR count). The average Bonchev–Trinajstić information content (AvgIpc) is 2.97. The normalized spacial score (nSPS) is 20.8. The van der Waals surface area contributed by atoms with Crippen molar-refractivity contribution in [3.8, 4) is 0 Å². The van der Waals surface area contributed by atoms with Gasteiger partial charge >= 0.3 is 6.18 Å². The van der Waals surface area contributed by atoms with Crippen LogP contribution in [0.25, 0.3) is 10.9 Å². The van der Waals surface area contributed by atoms with Gasteiger partial charge in [-0.3, -0.25) is 9.69 Å². The van der Waals surface area contributed by atoms with Crippen molar-refractivity contribution in [3.05, 3.63) is 59.7 Å². The number of anilines is 1. The Bertz CT molecular complexity index is 1430. The maximum atomic E-state index is 13.9. The van der Waals surface area contributed by atoms with Gasteiger partial charge in [-0.1, -0.05) is 24.4 Å². The molecule has 45 heavy (non-hydrogen) atoms. The molecule has 15 heteroatoms. The van der Waals surface area contributed by atoms with Crippen molar-refractivity contribution in [2.45, 2.75) is 69.8 Å². The molecule has 0 spiro atoms. The van der Waals surface area contributed by atoms with Gasteiger partial charge in [0.05, 0.1) is 5.52 Å². The standard InChI is InChI=1S/C29H33F5N6O.CHIS.H2S/c1-18-16-40(17-19(2)37-18)26-9-6-21-22(4-3-5-23(21)38-26)25(41)8-7-24(39-12-10-28(30,31)11-13-39)20-14-35-27(36-15-20)29(32,33)34;2-1-3;/h3-6,9,14-15,18-19,24,37H,7-8,10-13,16-17H2,1-2H3;1H;1H2/t18?,19?,24-;;/m1../s1. The third kappa shape index (κ3) is 9.95. The SMILES string of the molecule is CC1CN(c2ccc3c(C(=O)CC[C@H](c4cnc(C(F)(F)F)nc4)N4CCC(F)(F)CC4)cccc3n2)CC(C)N1.S.S=CI. The number of pyridine rings is 1. The smallest absolute Gasteiger partial charge is 0.353 e. The fourth-order valence-corrected chi connectivity index (χ4v) is 5.86. The second-order valence-corrected chi connectivity index (χ2v) is 12.9. The second-order valence-electron chi connectivity index (χ2n) is 11.2. The molecule has 2 fully saturated rings. The zero-order chi connectivity index (χ0) is 32.1. The Morgan fingerprint density at radius 1 is 1.11 bits per heavy atom. The van der Waals surface area contributed by atoms with E-state index >= 15 is 0 Å². The van der Waals surface area contributed by atoms with Crippen molar-refractivity contribution in [2.24, 2.45) is 0 Å². The number of nitrogens with one attached hydrogen (secondary N) is 1. The zero-order valence-electron chi connectivity index (χ0n) is 24.8. The Morgan fingerprint density at radius 3 is 2.29 bits per heavy atom. The molecule has 2 saturated heterocycles. The maximum Gasteiger partial charge on any atom is 0.451 e. The molecular formula is C30H36F5IN6OS2. The lowest BCUT2D eigenvalue weighted by atomic mass is 9.94. The molecule has 7 nitrogen and oxygen atoms in total. The Balaban J connectivity index is 0.00000133. The predicted molar refractivity (Wildman–Crippen MR) is 183 cm³/mol. The minimum Gasteiger partial charge on any atom is -0.353 e. The number of piperidine rings is 1. The first-order valence-corrected chi connectivity index (χ1v) is 16.0. The molecule has 1 aromatic carbocycles. The Morgan fingerprint density at radius 2 is 1.71 bits per heavy atom. The minimum atomic E-state index is -4.69. The number of alkyl halides is 5. The van der Waals surface area contributed by atoms with Crippen LogP contribution in [-0.2, 0) is 6.18 Å². The van der Waals surface area contributed by atoms with Gasteiger partial charge in [0.1, 0.15) is 5.82 Å². The summed E-state index contributed by atoms with van der Waals surface area (Å²) in [4.78, 5) is 29.2. The monoisotopic (exact) mass is 782 g/mol. The summed E-state index contributed by atoms with van der Waals surface area (Å²) in [5.41, 5.74) is 1.55. The van der Waals surface area contributed by atoms with Crippen LogP contribution in [-0.4, -0.2) is 73.2 Å². The summed E-state index contributed by atoms with van der Waals surface area (Å²) in [6, 6.07) is 9.25. The van der Waals surface area contributed by atoms with Gasteiger partial charge in [0.25, 0.3) is 5.92 Å². The lowest BCUT2D eigenvalue weighted by molar-refractivity contribution is -0.145. The van der Waals surface area contributed by atoms with Crippen molar-refractivity contribution in [3.63, 3.8) is 0 Å². The molecule has 4 heterocycles. The molecule has 2 aromatic heterocycles. The number of thiocarbonyl (C=S) groups is 1. The Labute approximate surface area is 285 Å². The van der Waals surface area contributed by atoms with Gasteiger partial charge in [-0.05, 0) is 61.1 Å². The third-order valence-corrected chi connectivity index (χ3v) is 7.82. The van der Waals surface area contributed by atoms with E-state index in [4.69, 9.17) is 4.98 Å². The van der Waals surface area contributed by atoms with E-state index < -0.39 is 24.0 Å². The van der Waals surface area contributed by atoms with E-state index in [0.717, 1.165) is 31.3 Å². The van der Waals surface area contributed by atoms with Crippen LogP contribution in [0.3, 0.4) is 0 Å². The lowest BCUT2D eigenvalue weighted by Crippen LogP contribution is -2.54. The van der Waals surface area contributed by atoms with Gasteiger partial charge in [-0.15, -0.1) is 0 Å². The van der Waals surface area contributed by atoms with E-state index in [2.05, 4.69) is 46.3 Å². The van der Waals surface area contributed by atoms with E-state index in [1.54, 1.807) is 20.4 Å². The molecule has 0 amide bonds. The molecular weight excluding hydrogens is 746 g/mol. The number of halogens is 6. The quantitative estimate of drug-likeness (QED) is 0.0892. The average molecular weight is 783 g/mol. The van der Waals surface area contributed by atoms with Crippen LogP contribution >= 0.6 is 48.3 Å². The molecule has 246 valence electrons. The summed E-state index contributed by atoms with van der Waals surface area (Å²) in [5, 5.41) is 4.21. The number of hydrogen-bond acceptors (Lipinski definition) is 8. The summed E-state index contributed by atoms with van der Waals surface area (Å²) in [6.45, 7) is 5.99. The van der Waals surface area contributed by atoms with Crippen molar-refractivity contribution in [2.75, 3.05) is 31.1 Å². The highest BCUT2D eigenvalue weighted by atomic mass is 127. The van der Waals surface area contributed by atoms with E-state index in [1.807, 2.05) is 40.8 Å².